The van der Waals surface area contributed by atoms with Crippen LogP contribution >= 0.6 is 0 Å². The molecule has 2 aliphatic rings. The van der Waals surface area contributed by atoms with Gasteiger partial charge in [-0.2, -0.15) is 0 Å². The van der Waals surface area contributed by atoms with Crippen LogP contribution in [0, 0.1) is 10.7 Å². The quantitative estimate of drug-likeness (QED) is 0.152. The average Bonchev–Trinajstić information content (AvgIpc) is 1.66. The van der Waals surface area contributed by atoms with Crippen molar-refractivity contribution in [3.8, 4) is 84.3 Å². The summed E-state index contributed by atoms with van der Waals surface area (Å²) in [5.74, 6) is 1.78. The minimum atomic E-state index is -2.44. The van der Waals surface area contributed by atoms with Gasteiger partial charge in [-0.3, -0.25) is 0 Å². The molecule has 5 nitrogen and oxygen atoms in total. The summed E-state index contributed by atoms with van der Waals surface area (Å²) >= 11 is 2.49. The fourth-order valence-electron chi connectivity index (χ4n) is 13.2. The number of para-hydroxylation sites is 3. The summed E-state index contributed by atoms with van der Waals surface area (Å²) in [6.45, 7) is -2.44. The summed E-state index contributed by atoms with van der Waals surface area (Å²) in [6.07, 6.45) is 1.73. The van der Waals surface area contributed by atoms with Crippen LogP contribution < -0.4 is 4.74 Å². The molecule has 0 fully saturated rings. The predicted octanol–water partition coefficient (Wildman–Crippen LogP) is 18.4. The minimum absolute atomic E-state index is 0.227. The third-order valence-electron chi connectivity index (χ3n) is 16.5. The number of nitrogens with zero attached hydrogens (tertiary/aromatic N) is 4. The second-order valence-corrected chi connectivity index (χ2v) is 21.7. The van der Waals surface area contributed by atoms with Crippen LogP contribution in [0.5, 0.6) is 11.5 Å². The Labute approximate surface area is 478 Å². The van der Waals surface area contributed by atoms with E-state index in [9.17, 15) is 0 Å². The van der Waals surface area contributed by atoms with Crippen molar-refractivity contribution < 1.29 is 28.2 Å². The zero-order chi connectivity index (χ0) is 55.6. The van der Waals surface area contributed by atoms with Gasteiger partial charge in [0.05, 0.1) is 5.41 Å². The van der Waals surface area contributed by atoms with Gasteiger partial charge in [0.2, 0.25) is 0 Å². The molecule has 380 valence electrons. The van der Waals surface area contributed by atoms with Gasteiger partial charge in [-0.25, -0.2) is 0 Å². The van der Waals surface area contributed by atoms with Gasteiger partial charge in [-0.15, -0.1) is 0 Å². The molecule has 0 unspecified atom stereocenters. The van der Waals surface area contributed by atoms with E-state index in [0.717, 1.165) is 75.8 Å². The molecule has 0 radical (unpaired) electrons. The zero-order valence-corrected chi connectivity index (χ0v) is 45.3. The first kappa shape index (κ1) is 43.3. The van der Waals surface area contributed by atoms with Gasteiger partial charge in [-0.1, -0.05) is 103 Å². The molecule has 2 aliphatic carbocycles. The monoisotopic (exact) mass is 1210 g/mol. The first-order chi connectivity index (χ1) is 40.7. The standard InChI is InChI=1S/C74H48N4O.Pt/c1-48-41-72(75-46-63(48)51-25-9-4-10-26-51)78-70-43-54(39-40-60(70)62-44-61-59-31-13-16-36-66(59)74(67(61)45-71(62)78)64-34-14-11-29-57(64)58-30-12-15-35-65(58)74)79-53-28-19-27-52(42-53)76-47-77(69-38-18-17-37-68(69)76)73-55(49-21-5-2-6-22-49)32-20-33-56(73)50-23-7-3-8-24-50;/h2-46H,1H3;/i1D3;. The zero-order valence-electron chi connectivity index (χ0n) is 46.0. The van der Waals surface area contributed by atoms with Gasteiger partial charge in [-0.05, 0) is 62.5 Å². The molecule has 0 saturated carbocycles. The Kier molecular flexibility index (Phi) is 9.86. The molecule has 1 spiro atoms. The SMILES string of the molecule is [2H]C([2H])([2H])c1cc(-n2c3cc(Oc4cccc(-n5[c](=[Pt])n(-c6c(-c7ccccc7)cccc6-c6ccccc6)c6ccccc65)c4)ccc3c3cc4c(cc32)C2(c3ccccc3-c3ccccc32)c2ccccc2-4)ncc1-c1ccccc1. The number of benzene rings is 11. The Morgan fingerprint density at radius 1 is 0.388 bits per heavy atom. The van der Waals surface area contributed by atoms with E-state index in [1.165, 1.54) is 44.5 Å². The van der Waals surface area contributed by atoms with Crippen molar-refractivity contribution in [1.82, 2.24) is 18.7 Å². The summed E-state index contributed by atoms with van der Waals surface area (Å²) in [4.78, 5) is 5.19. The van der Waals surface area contributed by atoms with Gasteiger partial charge in [0.1, 0.15) is 0 Å². The first-order valence-corrected chi connectivity index (χ1v) is 28.1. The maximum absolute atomic E-state index is 8.94. The van der Waals surface area contributed by atoms with Crippen LogP contribution in [0.3, 0.4) is 0 Å². The Bertz CT molecular complexity index is 4920. The second-order valence-electron chi connectivity index (χ2n) is 20.7. The number of ether oxygens (including phenoxy) is 1. The number of aryl methyl sites for hydroxylation is 1. The predicted molar refractivity (Wildman–Crippen MR) is 322 cm³/mol. The van der Waals surface area contributed by atoms with E-state index in [4.69, 9.17) is 13.8 Å². The molecule has 16 rings (SSSR count). The number of imidazole rings is 1. The van der Waals surface area contributed by atoms with Crippen molar-refractivity contribution in [2.45, 2.75) is 12.3 Å². The molecule has 0 bridgehead atoms. The van der Waals surface area contributed by atoms with Crippen molar-refractivity contribution in [3.05, 3.63) is 305 Å². The van der Waals surface area contributed by atoms with Gasteiger partial charge in [0, 0.05) is 15.9 Å². The molecule has 80 heavy (non-hydrogen) atoms. The number of fused-ring (bicyclic) bond motifs is 14. The minimum Gasteiger partial charge on any atom is -0.0622 e. The van der Waals surface area contributed by atoms with Gasteiger partial charge >= 0.3 is 294 Å². The van der Waals surface area contributed by atoms with Crippen LogP contribution in [0.2, 0.25) is 0 Å². The van der Waals surface area contributed by atoms with Crippen molar-refractivity contribution in [2.24, 2.45) is 0 Å². The molecule has 6 heteroatoms. The Hall–Kier alpha value is -9.67. The topological polar surface area (TPSA) is 36.9 Å². The molecule has 3 aromatic heterocycles. The molecule has 0 aliphatic heterocycles. The number of hydrogen-bond acceptors (Lipinski definition) is 2. The smallest absolute Gasteiger partial charge is 0.0622 e. The molecule has 0 N–H and O–H groups in total. The summed E-state index contributed by atoms with van der Waals surface area (Å²) in [6, 6.07) is 93.6. The van der Waals surface area contributed by atoms with Crippen LogP contribution in [0.4, 0.5) is 0 Å². The van der Waals surface area contributed by atoms with E-state index in [1.54, 1.807) is 12.3 Å². The van der Waals surface area contributed by atoms with Crippen LogP contribution in [-0.2, 0) is 24.8 Å². The molecular weight excluding hydrogens is 1160 g/mol. The fraction of sp³-hybridized carbons (Fsp3) is 0.0270. The Balaban J connectivity index is 0.885. The van der Waals surface area contributed by atoms with E-state index >= 15 is 0 Å². The maximum atomic E-state index is 8.94. The molecule has 14 aromatic rings. The molecule has 11 aromatic carbocycles. The summed E-state index contributed by atoms with van der Waals surface area (Å²) in [7, 11) is 0. The van der Waals surface area contributed by atoms with Crippen molar-refractivity contribution in [3.63, 3.8) is 0 Å². The van der Waals surface area contributed by atoms with E-state index in [-0.39, 0.29) is 5.56 Å². The molecule has 0 atom stereocenters. The van der Waals surface area contributed by atoms with E-state index in [1.807, 2.05) is 48.5 Å². The van der Waals surface area contributed by atoms with Crippen LogP contribution in [0.25, 0.3) is 106 Å². The number of aromatic nitrogens is 4. The summed E-state index contributed by atoms with van der Waals surface area (Å²) in [5.41, 5.74) is 21.1. The molecule has 0 amide bonds. The number of rotatable bonds is 8. The normalized spacial score (nSPS) is 13.4. The van der Waals surface area contributed by atoms with Crippen molar-refractivity contribution in [1.29, 1.82) is 0 Å². The Morgan fingerprint density at radius 3 is 1.52 bits per heavy atom. The third-order valence-corrected chi connectivity index (χ3v) is 17.5. The summed E-state index contributed by atoms with van der Waals surface area (Å²) in [5, 5.41) is 2.01. The second kappa shape index (κ2) is 18.2. The number of pyridine rings is 1. The number of hydrogen-bond donors (Lipinski definition) is 0. The van der Waals surface area contributed by atoms with Crippen LogP contribution in [0.1, 0.15) is 31.9 Å². The first-order valence-electron chi connectivity index (χ1n) is 28.4. The summed E-state index contributed by atoms with van der Waals surface area (Å²) < 4.78 is 41.7. The van der Waals surface area contributed by atoms with Crippen molar-refractivity contribution >= 4 is 32.8 Å². The van der Waals surface area contributed by atoms with Gasteiger partial charge in [0.25, 0.3) is 0 Å². The third kappa shape index (κ3) is 6.87. The molecular formula is C74H48N4OPt. The van der Waals surface area contributed by atoms with Crippen LogP contribution in [-0.4, -0.2) is 18.7 Å². The molecule has 3 heterocycles. The van der Waals surface area contributed by atoms with Crippen LogP contribution in [0.15, 0.2) is 273 Å². The Morgan fingerprint density at radius 2 is 0.900 bits per heavy atom. The van der Waals surface area contributed by atoms with Gasteiger partial charge in [0.15, 0.2) is 0 Å². The van der Waals surface area contributed by atoms with E-state index in [0.29, 0.717) is 22.9 Å². The van der Waals surface area contributed by atoms with E-state index < -0.39 is 12.3 Å². The van der Waals surface area contributed by atoms with E-state index in [2.05, 4.69) is 245 Å². The average molecular weight is 1210 g/mol. The van der Waals surface area contributed by atoms with Gasteiger partial charge < -0.3 is 0 Å². The fourth-order valence-corrected chi connectivity index (χ4v) is 14.3. The molecule has 0 saturated heterocycles. The van der Waals surface area contributed by atoms with Crippen molar-refractivity contribution in [2.75, 3.05) is 0 Å².